The van der Waals surface area contributed by atoms with Gasteiger partial charge in [0.25, 0.3) is 0 Å². The molecule has 0 aliphatic heterocycles. The molecule has 1 atom stereocenters. The summed E-state index contributed by atoms with van der Waals surface area (Å²) in [5.74, 6) is 1.10. The third-order valence-electron chi connectivity index (χ3n) is 4.06. The molecule has 0 radical (unpaired) electrons. The first-order chi connectivity index (χ1) is 12.7. The van der Waals surface area contributed by atoms with Crippen molar-refractivity contribution >= 4 is 0 Å². The van der Waals surface area contributed by atoms with Crippen LogP contribution < -0.4 is 4.74 Å². The average molecular weight is 348 g/mol. The number of nitrogens with one attached hydrogen (secondary N) is 1. The number of pyridine rings is 1. The van der Waals surface area contributed by atoms with Gasteiger partial charge >= 0.3 is 6.01 Å². The van der Waals surface area contributed by atoms with Crippen molar-refractivity contribution in [2.75, 3.05) is 0 Å². The minimum Gasteiger partial charge on any atom is -0.447 e. The zero-order chi connectivity index (χ0) is 17.9. The van der Waals surface area contributed by atoms with Crippen LogP contribution in [0.5, 0.6) is 6.01 Å². The van der Waals surface area contributed by atoms with Gasteiger partial charge in [0.05, 0.1) is 0 Å². The normalized spacial score (nSPS) is 12.1. The third kappa shape index (κ3) is 2.90. The van der Waals surface area contributed by atoms with Crippen LogP contribution >= 0.6 is 0 Å². The second-order valence-electron chi connectivity index (χ2n) is 5.73. The van der Waals surface area contributed by atoms with E-state index in [1.807, 2.05) is 50.4 Å². The van der Waals surface area contributed by atoms with Crippen molar-refractivity contribution in [2.24, 2.45) is 7.05 Å². The fraction of sp³-hybridized carbons (Fsp3) is 0.176. The summed E-state index contributed by atoms with van der Waals surface area (Å²) in [7, 11) is 1.84. The Bertz CT molecular complexity index is 997. The van der Waals surface area contributed by atoms with E-state index in [4.69, 9.17) is 4.74 Å². The van der Waals surface area contributed by atoms with E-state index >= 15 is 0 Å². The molecule has 3 heterocycles. The summed E-state index contributed by atoms with van der Waals surface area (Å²) >= 11 is 0. The molecule has 26 heavy (non-hydrogen) atoms. The van der Waals surface area contributed by atoms with Gasteiger partial charge in [0.15, 0.2) is 11.9 Å². The lowest BCUT2D eigenvalue weighted by molar-refractivity contribution is 0.209. The highest BCUT2D eigenvalue weighted by atomic mass is 16.5. The van der Waals surface area contributed by atoms with Gasteiger partial charge in [-0.3, -0.25) is 9.55 Å². The first kappa shape index (κ1) is 15.9. The topological polar surface area (TPSA) is 107 Å². The van der Waals surface area contributed by atoms with Crippen LogP contribution in [0, 0.1) is 6.92 Å². The van der Waals surface area contributed by atoms with Gasteiger partial charge in [-0.25, -0.2) is 0 Å². The molecule has 0 fully saturated rings. The number of hydrogen-bond donors (Lipinski definition) is 1. The number of rotatable bonds is 5. The van der Waals surface area contributed by atoms with E-state index in [9.17, 15) is 0 Å². The van der Waals surface area contributed by atoms with Crippen molar-refractivity contribution in [2.45, 2.75) is 13.0 Å². The molecule has 0 spiro atoms. The van der Waals surface area contributed by atoms with Gasteiger partial charge in [-0.2, -0.15) is 5.21 Å². The van der Waals surface area contributed by atoms with E-state index < -0.39 is 6.10 Å². The lowest BCUT2D eigenvalue weighted by Gasteiger charge is -2.17. The first-order valence-electron chi connectivity index (χ1n) is 7.99. The van der Waals surface area contributed by atoms with Crippen LogP contribution in [0.3, 0.4) is 0 Å². The van der Waals surface area contributed by atoms with E-state index in [-0.39, 0.29) is 0 Å². The summed E-state index contributed by atoms with van der Waals surface area (Å²) in [6.45, 7) is 2.00. The van der Waals surface area contributed by atoms with Crippen LogP contribution in [0.2, 0.25) is 0 Å². The molecule has 0 amide bonds. The minimum absolute atomic E-state index is 0.356. The van der Waals surface area contributed by atoms with Crippen molar-refractivity contribution in [3.8, 4) is 17.4 Å². The zero-order valence-corrected chi connectivity index (χ0v) is 14.2. The van der Waals surface area contributed by atoms with E-state index in [2.05, 4.69) is 35.8 Å². The molecule has 1 N–H and O–H groups in total. The lowest BCUT2D eigenvalue weighted by atomic mass is 10.0. The average Bonchev–Trinajstić information content (AvgIpc) is 3.32. The largest absolute Gasteiger partial charge is 0.447 e. The van der Waals surface area contributed by atoms with E-state index in [1.54, 1.807) is 17.0 Å². The van der Waals surface area contributed by atoms with Crippen molar-refractivity contribution in [3.05, 3.63) is 65.7 Å². The number of benzene rings is 1. The fourth-order valence-corrected chi connectivity index (χ4v) is 2.69. The van der Waals surface area contributed by atoms with Gasteiger partial charge in [-0.1, -0.05) is 34.6 Å². The van der Waals surface area contributed by atoms with E-state index in [0.717, 1.165) is 16.7 Å². The Hall–Kier alpha value is -3.62. The molecule has 0 saturated heterocycles. The predicted molar refractivity (Wildman–Crippen MR) is 92.1 cm³/mol. The minimum atomic E-state index is -0.553. The Labute approximate surface area is 149 Å². The third-order valence-corrected chi connectivity index (χ3v) is 4.06. The predicted octanol–water partition coefficient (Wildman–Crippen LogP) is 1.87. The Morgan fingerprint density at radius 2 is 1.85 bits per heavy atom. The summed E-state index contributed by atoms with van der Waals surface area (Å²) in [5.41, 5.74) is 2.89. The molecule has 4 rings (SSSR count). The molecule has 1 aromatic carbocycles. The van der Waals surface area contributed by atoms with Crippen LogP contribution in [-0.2, 0) is 7.05 Å². The molecule has 130 valence electrons. The maximum atomic E-state index is 6.15. The fourth-order valence-electron chi connectivity index (χ4n) is 2.69. The van der Waals surface area contributed by atoms with Crippen LogP contribution in [-0.4, -0.2) is 40.4 Å². The van der Waals surface area contributed by atoms with Gasteiger partial charge in [-0.15, -0.1) is 15.3 Å². The number of nitrogens with zero attached hydrogens (tertiary/aromatic N) is 7. The van der Waals surface area contributed by atoms with Gasteiger partial charge in [0.2, 0.25) is 5.82 Å². The van der Waals surface area contributed by atoms with Gasteiger partial charge in [-0.05, 0) is 24.6 Å². The smallest absolute Gasteiger partial charge is 0.318 e. The molecule has 9 heteroatoms. The Morgan fingerprint density at radius 1 is 1.04 bits per heavy atom. The number of tetrazole rings is 1. The van der Waals surface area contributed by atoms with Gasteiger partial charge in [0.1, 0.15) is 0 Å². The zero-order valence-electron chi connectivity index (χ0n) is 14.2. The van der Waals surface area contributed by atoms with Crippen molar-refractivity contribution in [3.63, 3.8) is 0 Å². The molecule has 9 nitrogen and oxygen atoms in total. The summed E-state index contributed by atoms with van der Waals surface area (Å²) in [6, 6.07) is 12.0. The van der Waals surface area contributed by atoms with Gasteiger partial charge in [0, 0.05) is 30.6 Å². The summed E-state index contributed by atoms with van der Waals surface area (Å²) < 4.78 is 7.93. The monoisotopic (exact) mass is 348 g/mol. The maximum absolute atomic E-state index is 6.15. The molecule has 0 aliphatic rings. The Morgan fingerprint density at radius 3 is 2.58 bits per heavy atom. The number of hydrogen-bond acceptors (Lipinski definition) is 7. The van der Waals surface area contributed by atoms with Crippen molar-refractivity contribution in [1.82, 2.24) is 40.4 Å². The lowest BCUT2D eigenvalue weighted by Crippen LogP contribution is -2.15. The Kier molecular flexibility index (Phi) is 4.10. The second-order valence-corrected chi connectivity index (χ2v) is 5.73. The summed E-state index contributed by atoms with van der Waals surface area (Å²) in [5, 5.41) is 22.7. The van der Waals surface area contributed by atoms with Gasteiger partial charge < -0.3 is 4.74 Å². The number of H-pyrrole nitrogens is 1. The highest BCUT2D eigenvalue weighted by Crippen LogP contribution is 2.28. The highest BCUT2D eigenvalue weighted by molar-refractivity contribution is 5.54. The van der Waals surface area contributed by atoms with Crippen LogP contribution in [0.25, 0.3) is 11.4 Å². The van der Waals surface area contributed by atoms with E-state index in [1.165, 1.54) is 0 Å². The van der Waals surface area contributed by atoms with Crippen LogP contribution in [0.15, 0.2) is 48.8 Å². The second kappa shape index (κ2) is 6.71. The van der Waals surface area contributed by atoms with Crippen molar-refractivity contribution < 1.29 is 4.74 Å². The van der Waals surface area contributed by atoms with Crippen molar-refractivity contribution in [1.29, 1.82) is 0 Å². The number of aryl methyl sites for hydroxylation is 1. The number of aromatic nitrogens is 8. The van der Waals surface area contributed by atoms with E-state index in [0.29, 0.717) is 17.7 Å². The molecule has 3 aromatic heterocycles. The molecule has 1 unspecified atom stereocenters. The molecule has 4 aromatic rings. The molecule has 0 bridgehead atoms. The number of ether oxygens (including phenoxy) is 1. The Balaban J connectivity index is 1.72. The van der Waals surface area contributed by atoms with Crippen LogP contribution in [0.1, 0.15) is 23.1 Å². The SMILES string of the molecule is Cc1ccccc1C(Oc1nnc(-c2ccncc2)n1C)c1nn[nH]n1. The van der Waals surface area contributed by atoms with Crippen LogP contribution in [0.4, 0.5) is 0 Å². The first-order valence-corrected chi connectivity index (χ1v) is 7.99. The highest BCUT2D eigenvalue weighted by Gasteiger charge is 2.25. The summed E-state index contributed by atoms with van der Waals surface area (Å²) in [4.78, 5) is 4.02. The maximum Gasteiger partial charge on any atom is 0.318 e. The standard InChI is InChI=1S/C17H16N8O/c1-11-5-3-4-6-13(11)14(15-19-23-24-20-15)26-17-22-21-16(25(17)2)12-7-9-18-10-8-12/h3-10,14H,1-2H3,(H,19,20,23,24). The number of aromatic amines is 1. The molecular weight excluding hydrogens is 332 g/mol. The molecular formula is C17H16N8O. The quantitative estimate of drug-likeness (QED) is 0.586. The molecule has 0 aliphatic carbocycles. The molecule has 0 saturated carbocycles. The summed E-state index contributed by atoms with van der Waals surface area (Å²) in [6.07, 6.45) is 2.86.